The summed E-state index contributed by atoms with van der Waals surface area (Å²) in [5.74, 6) is 0.752. The van der Waals surface area contributed by atoms with Gasteiger partial charge in [0.25, 0.3) is 5.91 Å². The second kappa shape index (κ2) is 10.9. The Morgan fingerprint density at radius 3 is 2.37 bits per heavy atom. The topological polar surface area (TPSA) is 68.8 Å². The van der Waals surface area contributed by atoms with Gasteiger partial charge in [-0.1, -0.05) is 24.6 Å². The first kappa shape index (κ1) is 21.2. The first-order valence-corrected chi connectivity index (χ1v) is 10.1. The Morgan fingerprint density at radius 2 is 1.70 bits per heavy atom. The second-order valence-corrected chi connectivity index (χ2v) is 7.60. The number of carbonyl (C=O) groups is 1. The van der Waals surface area contributed by atoms with Gasteiger partial charge < -0.3 is 16.0 Å². The van der Waals surface area contributed by atoms with Gasteiger partial charge in [0.1, 0.15) is 0 Å². The molecule has 0 bridgehead atoms. The quantitative estimate of drug-likeness (QED) is 0.371. The Labute approximate surface area is 163 Å². The minimum absolute atomic E-state index is 0.0504. The van der Waals surface area contributed by atoms with Gasteiger partial charge >= 0.3 is 0 Å². The van der Waals surface area contributed by atoms with E-state index < -0.39 is 0 Å². The third kappa shape index (κ3) is 7.21. The number of hydrogen-bond donors (Lipinski definition) is 3. The van der Waals surface area contributed by atoms with Crippen LogP contribution in [0, 0.1) is 0 Å². The summed E-state index contributed by atoms with van der Waals surface area (Å²) in [6.45, 7) is 11.7. The highest BCUT2D eigenvalue weighted by Gasteiger charge is 2.27. The Hall–Kier alpha value is -2.08. The smallest absolute Gasteiger partial charge is 0.251 e. The molecule has 0 radical (unpaired) electrons. The molecule has 1 heterocycles. The number of carbonyl (C=O) groups excluding carboxylic acids is 1. The molecule has 0 unspecified atom stereocenters. The number of nitrogens with one attached hydrogen (secondary N) is 3. The van der Waals surface area contributed by atoms with Gasteiger partial charge in [0.15, 0.2) is 5.96 Å². The lowest BCUT2D eigenvalue weighted by atomic mass is 9.99. The van der Waals surface area contributed by atoms with Crippen LogP contribution in [-0.2, 0) is 0 Å². The summed E-state index contributed by atoms with van der Waals surface area (Å²) in [6.07, 6.45) is 3.91. The summed E-state index contributed by atoms with van der Waals surface area (Å²) in [5.41, 5.74) is 0.742. The van der Waals surface area contributed by atoms with Crippen molar-refractivity contribution in [2.45, 2.75) is 45.6 Å². The first-order chi connectivity index (χ1) is 13.0. The van der Waals surface area contributed by atoms with Crippen LogP contribution >= 0.6 is 0 Å². The number of rotatable bonds is 8. The van der Waals surface area contributed by atoms with Crippen molar-refractivity contribution in [3.63, 3.8) is 0 Å². The lowest BCUT2D eigenvalue weighted by molar-refractivity contribution is 0.0954. The number of guanidine groups is 1. The second-order valence-electron chi connectivity index (χ2n) is 7.60. The number of benzene rings is 1. The van der Waals surface area contributed by atoms with Crippen LogP contribution in [0.2, 0.25) is 0 Å². The average molecular weight is 374 g/mol. The van der Waals surface area contributed by atoms with Crippen molar-refractivity contribution >= 4 is 11.9 Å². The fraction of sp³-hybridized carbons (Fsp3) is 0.619. The molecule has 0 spiro atoms. The van der Waals surface area contributed by atoms with Gasteiger partial charge in [-0.05, 0) is 58.8 Å². The van der Waals surface area contributed by atoms with Crippen molar-refractivity contribution in [2.75, 3.05) is 39.3 Å². The Morgan fingerprint density at radius 1 is 1.04 bits per heavy atom. The average Bonchev–Trinajstić information content (AvgIpc) is 2.70. The zero-order valence-electron chi connectivity index (χ0n) is 17.1. The van der Waals surface area contributed by atoms with E-state index in [1.807, 2.05) is 30.3 Å². The van der Waals surface area contributed by atoms with Gasteiger partial charge in [0, 0.05) is 30.7 Å². The van der Waals surface area contributed by atoms with Crippen LogP contribution < -0.4 is 16.0 Å². The summed E-state index contributed by atoms with van der Waals surface area (Å²) in [5, 5.41) is 9.52. The third-order valence-corrected chi connectivity index (χ3v) is 4.92. The van der Waals surface area contributed by atoms with Crippen LogP contribution in [0.25, 0.3) is 0 Å². The molecule has 0 atom stereocenters. The molecule has 3 N–H and O–H groups in total. The molecule has 2 rings (SSSR count). The molecule has 1 aliphatic heterocycles. The maximum absolute atomic E-state index is 12.1. The summed E-state index contributed by atoms with van der Waals surface area (Å²) in [6, 6.07) is 9.27. The highest BCUT2D eigenvalue weighted by molar-refractivity contribution is 5.94. The number of hydrogen-bond acceptors (Lipinski definition) is 3. The monoisotopic (exact) mass is 373 g/mol. The van der Waals surface area contributed by atoms with Gasteiger partial charge in [-0.2, -0.15) is 0 Å². The molecule has 1 fully saturated rings. The predicted octanol–water partition coefficient (Wildman–Crippen LogP) is 2.24. The molecule has 1 amide bonds. The number of aliphatic imine (C=N–C) groups is 1. The minimum Gasteiger partial charge on any atom is -0.357 e. The van der Waals surface area contributed by atoms with E-state index in [1.54, 1.807) is 0 Å². The van der Waals surface area contributed by atoms with Crippen molar-refractivity contribution in [3.8, 4) is 0 Å². The zero-order valence-corrected chi connectivity index (χ0v) is 17.1. The Bertz CT molecular complexity index is 594. The van der Waals surface area contributed by atoms with E-state index in [0.29, 0.717) is 18.7 Å². The molecule has 27 heavy (non-hydrogen) atoms. The molecule has 1 aliphatic rings. The van der Waals surface area contributed by atoms with E-state index in [-0.39, 0.29) is 11.4 Å². The molecule has 0 saturated carbocycles. The molecular weight excluding hydrogens is 338 g/mol. The predicted molar refractivity (Wildman–Crippen MR) is 112 cm³/mol. The van der Waals surface area contributed by atoms with Crippen molar-refractivity contribution in [2.24, 2.45) is 4.99 Å². The molecule has 0 aromatic heterocycles. The SMILES string of the molecule is CCNC(=NCC(C)(C)N1CCCCC1)NCCNC(=O)c1ccccc1. The summed E-state index contributed by atoms with van der Waals surface area (Å²) >= 11 is 0. The molecule has 1 aromatic carbocycles. The van der Waals surface area contributed by atoms with E-state index in [2.05, 4.69) is 41.6 Å². The fourth-order valence-corrected chi connectivity index (χ4v) is 3.26. The lowest BCUT2D eigenvalue weighted by Gasteiger charge is -2.40. The summed E-state index contributed by atoms with van der Waals surface area (Å²) < 4.78 is 0. The Kier molecular flexibility index (Phi) is 8.58. The molecular formula is C21H35N5O. The van der Waals surface area contributed by atoms with Crippen LogP contribution in [0.15, 0.2) is 35.3 Å². The van der Waals surface area contributed by atoms with Gasteiger partial charge in [-0.3, -0.25) is 14.7 Å². The number of piperidine rings is 1. The normalized spacial score (nSPS) is 16.0. The zero-order chi connectivity index (χ0) is 19.5. The largest absolute Gasteiger partial charge is 0.357 e. The van der Waals surface area contributed by atoms with Crippen LogP contribution in [-0.4, -0.2) is 61.6 Å². The number of amides is 1. The van der Waals surface area contributed by atoms with Gasteiger partial charge in [0.05, 0.1) is 6.54 Å². The number of nitrogens with zero attached hydrogens (tertiary/aromatic N) is 2. The maximum Gasteiger partial charge on any atom is 0.251 e. The van der Waals surface area contributed by atoms with Crippen LogP contribution in [0.5, 0.6) is 0 Å². The van der Waals surface area contributed by atoms with E-state index >= 15 is 0 Å². The third-order valence-electron chi connectivity index (χ3n) is 4.92. The molecule has 1 saturated heterocycles. The Balaban J connectivity index is 1.78. The summed E-state index contributed by atoms with van der Waals surface area (Å²) in [4.78, 5) is 19.4. The first-order valence-electron chi connectivity index (χ1n) is 10.1. The van der Waals surface area contributed by atoms with Crippen molar-refractivity contribution in [3.05, 3.63) is 35.9 Å². The standard InChI is InChI=1S/C21H35N5O/c1-4-22-20(25-17-21(2,3)26-15-9-6-10-16-26)24-14-13-23-19(27)18-11-7-5-8-12-18/h5,7-8,11-12H,4,6,9-10,13-17H2,1-3H3,(H,23,27)(H2,22,24,25). The molecule has 0 aliphatic carbocycles. The summed E-state index contributed by atoms with van der Waals surface area (Å²) in [7, 11) is 0. The van der Waals surface area contributed by atoms with E-state index in [9.17, 15) is 4.79 Å². The van der Waals surface area contributed by atoms with Crippen LogP contribution in [0.1, 0.15) is 50.4 Å². The molecule has 6 nitrogen and oxygen atoms in total. The number of likely N-dealkylation sites (tertiary alicyclic amines) is 1. The van der Waals surface area contributed by atoms with E-state index in [0.717, 1.165) is 32.1 Å². The van der Waals surface area contributed by atoms with Gasteiger partial charge in [0.2, 0.25) is 0 Å². The molecule has 6 heteroatoms. The van der Waals surface area contributed by atoms with E-state index in [1.165, 1.54) is 19.3 Å². The minimum atomic E-state index is -0.0504. The van der Waals surface area contributed by atoms with Crippen molar-refractivity contribution in [1.29, 1.82) is 0 Å². The fourth-order valence-electron chi connectivity index (χ4n) is 3.26. The highest BCUT2D eigenvalue weighted by Crippen LogP contribution is 2.20. The molecule has 150 valence electrons. The van der Waals surface area contributed by atoms with Crippen molar-refractivity contribution in [1.82, 2.24) is 20.9 Å². The van der Waals surface area contributed by atoms with E-state index in [4.69, 9.17) is 4.99 Å². The van der Waals surface area contributed by atoms with Crippen LogP contribution in [0.3, 0.4) is 0 Å². The lowest BCUT2D eigenvalue weighted by Crippen LogP contribution is -2.50. The maximum atomic E-state index is 12.1. The van der Waals surface area contributed by atoms with Gasteiger partial charge in [-0.25, -0.2) is 0 Å². The van der Waals surface area contributed by atoms with Crippen molar-refractivity contribution < 1.29 is 4.79 Å². The highest BCUT2D eigenvalue weighted by atomic mass is 16.1. The van der Waals surface area contributed by atoms with Gasteiger partial charge in [-0.15, -0.1) is 0 Å². The molecule has 1 aromatic rings. The van der Waals surface area contributed by atoms with Crippen LogP contribution in [0.4, 0.5) is 0 Å².